The molecule has 0 aliphatic heterocycles. The lowest BCUT2D eigenvalue weighted by atomic mass is 9.83. The van der Waals surface area contributed by atoms with Crippen molar-refractivity contribution in [2.45, 2.75) is 104 Å². The van der Waals surface area contributed by atoms with Gasteiger partial charge in [0.15, 0.2) is 0 Å². The molecule has 2 aromatic carbocycles. The minimum absolute atomic E-state index is 0.0227. The Bertz CT molecular complexity index is 2260. The zero-order chi connectivity index (χ0) is 35.0. The van der Waals surface area contributed by atoms with Crippen LogP contribution in [0.5, 0.6) is 0 Å². The van der Waals surface area contributed by atoms with Gasteiger partial charge in [-0.1, -0.05) is 109 Å². The van der Waals surface area contributed by atoms with Gasteiger partial charge in [-0.2, -0.15) is 8.75 Å². The zero-order valence-electron chi connectivity index (χ0n) is 30.1. The zero-order valence-corrected chi connectivity index (χ0v) is 34.2. The second-order valence-electron chi connectivity index (χ2n) is 14.6. The summed E-state index contributed by atoms with van der Waals surface area (Å²) in [5.41, 5.74) is 11.9. The van der Waals surface area contributed by atoms with Gasteiger partial charge >= 0.3 is 0 Å². The predicted octanol–water partition coefficient (Wildman–Crippen LogP) is 15.1. The van der Waals surface area contributed by atoms with Gasteiger partial charge in [0, 0.05) is 51.5 Å². The summed E-state index contributed by atoms with van der Waals surface area (Å²) in [7, 11) is 0. The molecule has 5 heterocycles. The van der Waals surface area contributed by atoms with E-state index in [1.165, 1.54) is 143 Å². The number of aryl methyl sites for hydroxylation is 2. The fourth-order valence-electron chi connectivity index (χ4n) is 7.59. The Hall–Kier alpha value is -2.94. The summed E-state index contributed by atoms with van der Waals surface area (Å²) in [5.74, 6) is 0. The van der Waals surface area contributed by atoms with Crippen LogP contribution in [-0.4, -0.2) is 8.75 Å². The molecule has 5 aromatic heterocycles. The molecule has 0 amide bonds. The van der Waals surface area contributed by atoms with Crippen LogP contribution in [0.3, 0.4) is 0 Å². The number of rotatable bonds is 15. The highest BCUT2D eigenvalue weighted by atomic mass is 32.1. The number of benzene rings is 2. The largest absolute Gasteiger partial charge is 0.173 e. The first-order valence-corrected chi connectivity index (χ1v) is 22.8. The Morgan fingerprint density at radius 3 is 2.08 bits per heavy atom. The molecule has 7 aromatic rings. The van der Waals surface area contributed by atoms with Crippen molar-refractivity contribution in [3.63, 3.8) is 0 Å². The molecule has 8 rings (SSSR count). The van der Waals surface area contributed by atoms with Crippen LogP contribution in [0.1, 0.15) is 112 Å². The van der Waals surface area contributed by atoms with Gasteiger partial charge in [-0.15, -0.1) is 45.3 Å². The molecule has 0 fully saturated rings. The first-order valence-electron chi connectivity index (χ1n) is 18.7. The van der Waals surface area contributed by atoms with Crippen LogP contribution < -0.4 is 0 Å². The molecule has 0 spiro atoms. The summed E-state index contributed by atoms with van der Waals surface area (Å²) in [4.78, 5) is 9.88. The van der Waals surface area contributed by atoms with Crippen molar-refractivity contribution < 1.29 is 0 Å². The van der Waals surface area contributed by atoms with E-state index in [0.29, 0.717) is 0 Å². The number of thiophene rings is 4. The number of unbranched alkanes of at least 4 members (excludes halogenated alkanes) is 6. The first kappa shape index (κ1) is 35.1. The van der Waals surface area contributed by atoms with Gasteiger partial charge in [0.25, 0.3) is 0 Å². The molecular weight excluding hydrogens is 717 g/mol. The van der Waals surface area contributed by atoms with Crippen LogP contribution in [0.25, 0.3) is 51.4 Å². The van der Waals surface area contributed by atoms with Gasteiger partial charge in [0.05, 0.1) is 11.7 Å². The third-order valence-electron chi connectivity index (χ3n) is 10.6. The van der Waals surface area contributed by atoms with E-state index in [0.717, 1.165) is 23.9 Å². The summed E-state index contributed by atoms with van der Waals surface area (Å²) in [6, 6.07) is 25.4. The lowest BCUT2D eigenvalue weighted by Crippen LogP contribution is -2.13. The summed E-state index contributed by atoms with van der Waals surface area (Å²) < 4.78 is 9.87. The van der Waals surface area contributed by atoms with Crippen LogP contribution in [0.15, 0.2) is 72.1 Å². The van der Waals surface area contributed by atoms with Crippen LogP contribution >= 0.6 is 57.1 Å². The average molecular weight is 763 g/mol. The molecule has 0 bridgehead atoms. The van der Waals surface area contributed by atoms with E-state index in [9.17, 15) is 0 Å². The smallest absolute Gasteiger partial charge is 0.113 e. The molecule has 7 heteroatoms. The fraction of sp³-hybridized carbons (Fsp3) is 0.364. The summed E-state index contributed by atoms with van der Waals surface area (Å²) >= 11 is 9.16. The number of hydrogen-bond acceptors (Lipinski definition) is 7. The number of aromatic nitrogens is 2. The van der Waals surface area contributed by atoms with Crippen molar-refractivity contribution in [2.24, 2.45) is 0 Å². The van der Waals surface area contributed by atoms with Crippen molar-refractivity contribution in [1.82, 2.24) is 8.75 Å². The van der Waals surface area contributed by atoms with Crippen LogP contribution in [-0.2, 0) is 24.7 Å². The van der Waals surface area contributed by atoms with Crippen molar-refractivity contribution in [3.8, 4) is 40.4 Å². The van der Waals surface area contributed by atoms with Gasteiger partial charge in [-0.25, -0.2) is 0 Å². The maximum absolute atomic E-state index is 4.94. The van der Waals surface area contributed by atoms with Gasteiger partial charge in [-0.3, -0.25) is 0 Å². The van der Waals surface area contributed by atoms with Crippen molar-refractivity contribution in [1.29, 1.82) is 0 Å². The fourth-order valence-corrected chi connectivity index (χ4v) is 13.3. The molecule has 1 aliphatic carbocycles. The second-order valence-corrected chi connectivity index (χ2v) is 19.3. The molecule has 0 N–H and O–H groups in total. The monoisotopic (exact) mass is 762 g/mol. The van der Waals surface area contributed by atoms with E-state index in [1.54, 1.807) is 0 Å². The van der Waals surface area contributed by atoms with E-state index >= 15 is 0 Å². The minimum atomic E-state index is -0.0227. The molecule has 2 nitrogen and oxygen atoms in total. The summed E-state index contributed by atoms with van der Waals surface area (Å²) in [6.45, 7) is 9.36. The van der Waals surface area contributed by atoms with E-state index in [-0.39, 0.29) is 5.41 Å². The molecule has 262 valence electrons. The normalized spacial score (nSPS) is 13.3. The third kappa shape index (κ3) is 6.97. The highest BCUT2D eigenvalue weighted by Crippen LogP contribution is 2.58. The van der Waals surface area contributed by atoms with Gasteiger partial charge in [0.2, 0.25) is 0 Å². The average Bonchev–Trinajstić information content (AvgIpc) is 3.99. The number of nitrogens with zero attached hydrogens (tertiary/aromatic N) is 2. The number of fused-ring (bicyclic) bond motifs is 4. The van der Waals surface area contributed by atoms with Crippen molar-refractivity contribution in [3.05, 3.63) is 105 Å². The van der Waals surface area contributed by atoms with Crippen molar-refractivity contribution >= 4 is 68.1 Å². The predicted molar refractivity (Wildman–Crippen MR) is 228 cm³/mol. The van der Waals surface area contributed by atoms with Crippen LogP contribution in [0, 0.1) is 0 Å². The highest BCUT2D eigenvalue weighted by Gasteiger charge is 2.39. The molecule has 1 aliphatic rings. The maximum Gasteiger partial charge on any atom is 0.113 e. The maximum atomic E-state index is 4.94. The SMILES string of the molecule is CCCCCCc1csc(-c2cc(CCCCCC)c(Cc3ccc(-c4cc5c(s4)-c4sc(-c6ccccc6)cc4C5(C)C)c4nsnc34)s2)c1. The Morgan fingerprint density at radius 2 is 1.31 bits per heavy atom. The quantitative estimate of drug-likeness (QED) is 0.0972. The minimum Gasteiger partial charge on any atom is -0.173 e. The topological polar surface area (TPSA) is 25.8 Å². The van der Waals surface area contributed by atoms with Crippen LogP contribution in [0.2, 0.25) is 0 Å². The second kappa shape index (κ2) is 15.2. The molecular formula is C44H46N2S5. The lowest BCUT2D eigenvalue weighted by molar-refractivity contribution is 0.663. The summed E-state index contributed by atoms with van der Waals surface area (Å²) in [6.07, 6.45) is 13.7. The molecule has 51 heavy (non-hydrogen) atoms. The Balaban J connectivity index is 1.09. The lowest BCUT2D eigenvalue weighted by Gasteiger charge is -2.19. The molecule has 0 atom stereocenters. The third-order valence-corrected chi connectivity index (χ3v) is 16.0. The Labute approximate surface area is 323 Å². The molecule has 0 saturated carbocycles. The highest BCUT2D eigenvalue weighted by molar-refractivity contribution is 7.26. The van der Waals surface area contributed by atoms with E-state index < -0.39 is 0 Å². The molecule has 0 radical (unpaired) electrons. The van der Waals surface area contributed by atoms with E-state index in [2.05, 4.69) is 99.8 Å². The van der Waals surface area contributed by atoms with Crippen molar-refractivity contribution in [2.75, 3.05) is 0 Å². The van der Waals surface area contributed by atoms with Gasteiger partial charge in [-0.05, 0) is 88.7 Å². The van der Waals surface area contributed by atoms with E-state index in [4.69, 9.17) is 8.75 Å². The van der Waals surface area contributed by atoms with Crippen LogP contribution in [0.4, 0.5) is 0 Å². The Morgan fingerprint density at radius 1 is 0.608 bits per heavy atom. The summed E-state index contributed by atoms with van der Waals surface area (Å²) in [5, 5.41) is 2.40. The van der Waals surface area contributed by atoms with E-state index in [1.807, 2.05) is 45.3 Å². The van der Waals surface area contributed by atoms with Gasteiger partial charge in [0.1, 0.15) is 11.0 Å². The molecule has 0 saturated heterocycles. The number of hydrogen-bond donors (Lipinski definition) is 0. The standard InChI is InChI=1S/C44H46N2S5/c1-5-7-9-12-16-28-22-38(47-27-28)39-23-30(19-13-10-8-6-2)35(48-39)24-31-20-21-32(41-40(31)45-51-46-41)37-26-34-43(50-37)42-33(44(34,3)4)25-36(49-42)29-17-14-11-15-18-29/h11,14-15,17-18,20-23,25-27H,5-10,12-13,16,19,24H2,1-4H3. The Kier molecular flexibility index (Phi) is 10.5. The molecule has 0 unspecified atom stereocenters. The van der Waals surface area contributed by atoms with Gasteiger partial charge < -0.3 is 0 Å². The first-order chi connectivity index (χ1) is 24.9.